The average molecular weight is 857 g/mol. The van der Waals surface area contributed by atoms with Crippen molar-refractivity contribution in [2.45, 2.75) is 83.1 Å². The quantitative estimate of drug-likeness (QED) is 0.120. The van der Waals surface area contributed by atoms with Gasteiger partial charge in [-0.1, -0.05) is 180 Å². The van der Waals surface area contributed by atoms with E-state index in [1.54, 1.807) is 0 Å². The number of hydrogen-bond acceptors (Lipinski definition) is 0. The fourth-order valence-corrected chi connectivity index (χ4v) is 10.7. The zero-order chi connectivity index (χ0) is 46.8. The molecule has 0 N–H and O–H groups in total. The van der Waals surface area contributed by atoms with Crippen molar-refractivity contribution in [1.82, 2.24) is 0 Å². The maximum Gasteiger partial charge on any atom is -0.00948 e. The minimum atomic E-state index is 1.16. The summed E-state index contributed by atoms with van der Waals surface area (Å²) in [7, 11) is 0. The average Bonchev–Trinajstić information content (AvgIpc) is 3.24. The number of aryl methyl sites for hydroxylation is 12. The smallest absolute Gasteiger partial charge is 0.00948 e. The minimum Gasteiger partial charge on any atom is -0.0616 e. The van der Waals surface area contributed by atoms with Gasteiger partial charge in [0.05, 0.1) is 0 Å². The van der Waals surface area contributed by atoms with E-state index in [9.17, 15) is 0 Å². The van der Waals surface area contributed by atoms with Crippen LogP contribution in [0, 0.1) is 83.1 Å². The van der Waals surface area contributed by atoms with Gasteiger partial charge in [0.25, 0.3) is 0 Å². The molecule has 0 fully saturated rings. The van der Waals surface area contributed by atoms with E-state index in [1.807, 2.05) is 0 Å². The van der Waals surface area contributed by atoms with Crippen LogP contribution in [0.5, 0.6) is 0 Å². The highest BCUT2D eigenvalue weighted by Gasteiger charge is 2.18. The molecular weight excluding hydrogens is 793 g/mol. The van der Waals surface area contributed by atoms with Gasteiger partial charge in [-0.25, -0.2) is 0 Å². The summed E-state index contributed by atoms with van der Waals surface area (Å²) in [6, 6.07) is 49.7. The molecule has 0 heteroatoms. The molecule has 0 aliphatic carbocycles. The largest absolute Gasteiger partial charge is 0.0616 e. The molecular formula is C66H64. The Labute approximate surface area is 395 Å². The van der Waals surface area contributed by atoms with Gasteiger partial charge < -0.3 is 0 Å². The molecule has 0 bridgehead atoms. The molecule has 0 aromatic heterocycles. The van der Waals surface area contributed by atoms with Gasteiger partial charge in [0, 0.05) is 0 Å². The van der Waals surface area contributed by atoms with Crippen molar-refractivity contribution in [2.24, 2.45) is 0 Å². The molecule has 0 unspecified atom stereocenters. The highest BCUT2D eigenvalue weighted by Crippen LogP contribution is 2.38. The Balaban J connectivity index is 1.11. The number of fused-ring (bicyclic) bond motifs is 1. The Kier molecular flexibility index (Phi) is 13.3. The lowest BCUT2D eigenvalue weighted by Gasteiger charge is -2.20. The Morgan fingerprint density at radius 1 is 0.303 bits per heavy atom. The van der Waals surface area contributed by atoms with Crippen molar-refractivity contribution in [1.29, 1.82) is 0 Å². The van der Waals surface area contributed by atoms with Crippen LogP contribution >= 0.6 is 0 Å². The Hall–Kier alpha value is -7.02. The van der Waals surface area contributed by atoms with E-state index in [0.29, 0.717) is 0 Å². The predicted octanol–water partition coefficient (Wildman–Crippen LogP) is 18.1. The number of benzene rings is 8. The van der Waals surface area contributed by atoms with Crippen LogP contribution in [0.15, 0.2) is 133 Å². The summed E-state index contributed by atoms with van der Waals surface area (Å²) in [4.78, 5) is 0. The molecule has 66 heavy (non-hydrogen) atoms. The summed E-state index contributed by atoms with van der Waals surface area (Å²) < 4.78 is 0. The fourth-order valence-electron chi connectivity index (χ4n) is 10.7. The lowest BCUT2D eigenvalue weighted by Crippen LogP contribution is -2.01. The van der Waals surface area contributed by atoms with E-state index >= 15 is 0 Å². The predicted molar refractivity (Wildman–Crippen MR) is 291 cm³/mol. The summed E-state index contributed by atoms with van der Waals surface area (Å²) >= 11 is 0. The molecule has 8 aromatic carbocycles. The third-order valence-electron chi connectivity index (χ3n) is 13.2. The third kappa shape index (κ3) is 9.80. The molecule has 0 saturated heterocycles. The molecule has 0 aliphatic rings. The summed E-state index contributed by atoms with van der Waals surface area (Å²) in [5, 5.41) is 2.47. The second-order valence-corrected chi connectivity index (χ2v) is 19.0. The molecule has 0 spiro atoms. The van der Waals surface area contributed by atoms with Gasteiger partial charge in [-0.05, 0) is 217 Å². The van der Waals surface area contributed by atoms with Gasteiger partial charge in [0.1, 0.15) is 0 Å². The van der Waals surface area contributed by atoms with Gasteiger partial charge >= 0.3 is 0 Å². The lowest BCUT2D eigenvalue weighted by atomic mass is 9.84. The van der Waals surface area contributed by atoms with E-state index in [1.165, 1.54) is 133 Å². The van der Waals surface area contributed by atoms with Crippen LogP contribution in [0.2, 0.25) is 0 Å². The van der Waals surface area contributed by atoms with Crippen LogP contribution in [0.3, 0.4) is 0 Å². The summed E-state index contributed by atoms with van der Waals surface area (Å²) in [6.45, 7) is 26.7. The maximum absolute atomic E-state index is 2.38. The van der Waals surface area contributed by atoms with Gasteiger partial charge in [-0.3, -0.25) is 0 Å². The minimum absolute atomic E-state index is 1.16. The van der Waals surface area contributed by atoms with Gasteiger partial charge in [0.15, 0.2) is 0 Å². The van der Waals surface area contributed by atoms with E-state index in [0.717, 1.165) is 11.1 Å². The van der Waals surface area contributed by atoms with Crippen molar-refractivity contribution in [3.05, 3.63) is 256 Å². The molecule has 0 nitrogen and oxygen atoms in total. The van der Waals surface area contributed by atoms with E-state index in [4.69, 9.17) is 0 Å². The zero-order valence-corrected chi connectivity index (χ0v) is 41.2. The van der Waals surface area contributed by atoms with E-state index in [-0.39, 0.29) is 0 Å². The van der Waals surface area contributed by atoms with Crippen molar-refractivity contribution in [3.8, 4) is 0 Å². The number of rotatable bonds is 10. The van der Waals surface area contributed by atoms with Crippen LogP contribution in [0.4, 0.5) is 0 Å². The van der Waals surface area contributed by atoms with Crippen LogP contribution < -0.4 is 0 Å². The van der Waals surface area contributed by atoms with Crippen molar-refractivity contribution < 1.29 is 0 Å². The monoisotopic (exact) mass is 857 g/mol. The van der Waals surface area contributed by atoms with Crippen LogP contribution in [-0.2, 0) is 0 Å². The normalized spacial score (nSPS) is 11.5. The maximum atomic E-state index is 2.38. The summed E-state index contributed by atoms with van der Waals surface area (Å²) in [5.41, 5.74) is 30.6. The molecule has 8 rings (SSSR count). The first-order valence-electron chi connectivity index (χ1n) is 23.5. The first-order chi connectivity index (χ1) is 31.6. The Morgan fingerprint density at radius 3 is 0.985 bits per heavy atom. The molecule has 328 valence electrons. The highest BCUT2D eigenvalue weighted by atomic mass is 14.2. The topological polar surface area (TPSA) is 0 Å². The van der Waals surface area contributed by atoms with Gasteiger partial charge in [-0.15, -0.1) is 0 Å². The second-order valence-electron chi connectivity index (χ2n) is 19.0. The zero-order valence-electron chi connectivity index (χ0n) is 41.2. The molecule has 0 atom stereocenters. The summed E-state index contributed by atoms with van der Waals surface area (Å²) in [5.74, 6) is 0. The highest BCUT2D eigenvalue weighted by molar-refractivity contribution is 5.99. The van der Waals surface area contributed by atoms with Crippen molar-refractivity contribution >= 4 is 58.4 Å². The Bertz CT molecular complexity index is 3050. The molecule has 0 saturated carbocycles. The first kappa shape index (κ1) is 45.5. The van der Waals surface area contributed by atoms with Crippen molar-refractivity contribution in [2.75, 3.05) is 0 Å². The molecule has 0 aliphatic heterocycles. The second kappa shape index (κ2) is 19.2. The van der Waals surface area contributed by atoms with Crippen LogP contribution in [0.1, 0.15) is 122 Å². The third-order valence-corrected chi connectivity index (χ3v) is 13.2. The van der Waals surface area contributed by atoms with E-state index in [2.05, 4.69) is 253 Å². The SMILES string of the molecule is Cc1cc(C)c(C(=Cc2ccc(/C=C\c3ccc4ccccc4c3/C=C\c3ccc(C=C(c4c(C)cc(C)cc4C)c4c(C)cc(C)cc4C)cc3)cc2)c2c(C)cc(C)cc2C)c(C)c1. The molecule has 0 radical (unpaired) electrons. The first-order valence-corrected chi connectivity index (χ1v) is 23.5. The Morgan fingerprint density at radius 2 is 0.621 bits per heavy atom. The number of hydrogen-bond donors (Lipinski definition) is 0. The fraction of sp³-hybridized carbons (Fsp3) is 0.182. The van der Waals surface area contributed by atoms with E-state index < -0.39 is 0 Å². The lowest BCUT2D eigenvalue weighted by molar-refractivity contribution is 1.25. The van der Waals surface area contributed by atoms with Gasteiger partial charge in [0.2, 0.25) is 0 Å². The molecule has 0 heterocycles. The summed E-state index contributed by atoms with van der Waals surface area (Å²) in [6.07, 6.45) is 13.8. The van der Waals surface area contributed by atoms with Crippen LogP contribution in [0.25, 0.3) is 58.4 Å². The van der Waals surface area contributed by atoms with Crippen LogP contribution in [-0.4, -0.2) is 0 Å². The van der Waals surface area contributed by atoms with Gasteiger partial charge in [-0.2, -0.15) is 0 Å². The standard InChI is InChI=1S/C66H64/c1-41-31-45(5)63(46(6)32-41)61(64-47(7)33-42(2)34-48(64)8)39-55-21-17-53(18-22-55)25-27-58-29-28-57-15-13-14-16-59(57)60(58)30-26-54-19-23-56(24-20-54)40-62(65-49(9)35-43(3)36-50(65)10)66-51(11)37-44(4)38-52(66)12/h13-40H,1-12H3/b27-25-,30-26-. The van der Waals surface area contributed by atoms with Crippen molar-refractivity contribution in [3.63, 3.8) is 0 Å². The molecule has 0 amide bonds. The molecule has 8 aromatic rings.